The first-order chi connectivity index (χ1) is 15.6. The third-order valence-electron chi connectivity index (χ3n) is 5.32. The Hall–Kier alpha value is -4.05. The van der Waals surface area contributed by atoms with E-state index in [1.807, 2.05) is 36.5 Å². The zero-order valence-electron chi connectivity index (χ0n) is 17.4. The molecular weight excluding hydrogens is 410 g/mol. The molecule has 0 radical (unpaired) electrons. The third-order valence-corrected chi connectivity index (χ3v) is 5.32. The average Bonchev–Trinajstić information content (AvgIpc) is 3.43. The number of carbonyl (C=O) groups is 2. The van der Waals surface area contributed by atoms with Crippen LogP contribution in [0.3, 0.4) is 0 Å². The summed E-state index contributed by atoms with van der Waals surface area (Å²) in [7, 11) is 1.63. The number of hydrogen-bond acceptors (Lipinski definition) is 6. The molecule has 1 aliphatic heterocycles. The van der Waals surface area contributed by atoms with E-state index in [0.717, 1.165) is 11.3 Å². The van der Waals surface area contributed by atoms with Crippen LogP contribution in [0.2, 0.25) is 0 Å². The molecule has 0 aliphatic carbocycles. The molecule has 10 heteroatoms. The number of benzene rings is 1. The van der Waals surface area contributed by atoms with Crippen LogP contribution < -0.4 is 5.32 Å². The van der Waals surface area contributed by atoms with Crippen LogP contribution in [0.15, 0.2) is 55.0 Å². The predicted molar refractivity (Wildman–Crippen MR) is 116 cm³/mol. The van der Waals surface area contributed by atoms with Crippen molar-refractivity contribution in [3.8, 4) is 11.3 Å². The van der Waals surface area contributed by atoms with Crippen molar-refractivity contribution in [2.75, 3.05) is 31.6 Å². The summed E-state index contributed by atoms with van der Waals surface area (Å²) in [6, 6.07) is 11.5. The zero-order chi connectivity index (χ0) is 22.1. The maximum absolute atomic E-state index is 13.0. The van der Waals surface area contributed by atoms with Crippen LogP contribution in [0, 0.1) is 0 Å². The van der Waals surface area contributed by atoms with E-state index in [-0.39, 0.29) is 17.2 Å². The van der Waals surface area contributed by atoms with Crippen LogP contribution in [0.4, 0.5) is 5.82 Å². The Bertz CT molecular complexity index is 1290. The molecule has 1 fully saturated rings. The first kappa shape index (κ1) is 19.9. The van der Waals surface area contributed by atoms with Gasteiger partial charge in [-0.25, -0.2) is 4.98 Å². The predicted octanol–water partition coefficient (Wildman–Crippen LogP) is 1.85. The number of anilines is 1. The van der Waals surface area contributed by atoms with E-state index in [1.165, 1.54) is 10.9 Å². The van der Waals surface area contributed by atoms with Crippen LogP contribution in [0.5, 0.6) is 0 Å². The van der Waals surface area contributed by atoms with Gasteiger partial charge in [-0.05, 0) is 6.07 Å². The number of rotatable bonds is 4. The number of morpholine rings is 1. The van der Waals surface area contributed by atoms with E-state index in [1.54, 1.807) is 28.6 Å². The van der Waals surface area contributed by atoms with Gasteiger partial charge in [0.25, 0.3) is 11.8 Å². The summed E-state index contributed by atoms with van der Waals surface area (Å²) in [5.74, 6) is 0.0824. The molecule has 10 nitrogen and oxygen atoms in total. The Morgan fingerprint density at radius 3 is 2.62 bits per heavy atom. The lowest BCUT2D eigenvalue weighted by atomic mass is 10.2. The van der Waals surface area contributed by atoms with Gasteiger partial charge in [-0.1, -0.05) is 30.3 Å². The molecule has 1 saturated heterocycles. The monoisotopic (exact) mass is 431 g/mol. The fourth-order valence-electron chi connectivity index (χ4n) is 3.67. The number of nitrogens with one attached hydrogen (secondary N) is 1. The van der Waals surface area contributed by atoms with Crippen LogP contribution in [0.1, 0.15) is 20.8 Å². The summed E-state index contributed by atoms with van der Waals surface area (Å²) in [4.78, 5) is 36.6. The average molecular weight is 431 g/mol. The number of fused-ring (bicyclic) bond motifs is 1. The minimum atomic E-state index is -0.465. The molecule has 4 heterocycles. The molecule has 3 aromatic heterocycles. The van der Waals surface area contributed by atoms with E-state index >= 15 is 0 Å². The van der Waals surface area contributed by atoms with E-state index in [4.69, 9.17) is 4.74 Å². The fourth-order valence-corrected chi connectivity index (χ4v) is 3.67. The minimum Gasteiger partial charge on any atom is -0.378 e. The standard InChI is InChI=1S/C22H21N7O3/c1-27-19(16(13-23-27)21(31)28-9-11-32-12-10-28)20(30)25-18-7-8-29-14-17(24-22(29)26-18)15-5-3-2-4-6-15/h2-8,13-14H,9-12H2,1H3,(H,24,25,26,30). The van der Waals surface area contributed by atoms with Gasteiger partial charge in [0.15, 0.2) is 0 Å². The quantitative estimate of drug-likeness (QED) is 0.529. The van der Waals surface area contributed by atoms with E-state index in [9.17, 15) is 9.59 Å². The molecule has 162 valence electrons. The van der Waals surface area contributed by atoms with Gasteiger partial charge in [0.05, 0.1) is 30.7 Å². The van der Waals surface area contributed by atoms with Crippen molar-refractivity contribution in [2.45, 2.75) is 0 Å². The second-order valence-corrected chi connectivity index (χ2v) is 7.40. The van der Waals surface area contributed by atoms with Gasteiger partial charge in [-0.15, -0.1) is 0 Å². The first-order valence-electron chi connectivity index (χ1n) is 10.2. The van der Waals surface area contributed by atoms with Crippen molar-refractivity contribution >= 4 is 23.4 Å². The molecule has 0 unspecified atom stereocenters. The van der Waals surface area contributed by atoms with Gasteiger partial charge >= 0.3 is 0 Å². The van der Waals surface area contributed by atoms with E-state index < -0.39 is 5.91 Å². The summed E-state index contributed by atoms with van der Waals surface area (Å²) in [5, 5.41) is 6.89. The maximum Gasteiger partial charge on any atom is 0.275 e. The van der Waals surface area contributed by atoms with Crippen LogP contribution in [0.25, 0.3) is 17.0 Å². The van der Waals surface area contributed by atoms with Gasteiger partial charge in [0.1, 0.15) is 11.5 Å². The SMILES string of the molecule is Cn1ncc(C(=O)N2CCOCC2)c1C(=O)Nc1ccn2cc(-c3ccccc3)nc2n1. The Labute approximate surface area is 183 Å². The van der Waals surface area contributed by atoms with Crippen LogP contribution in [-0.4, -0.2) is 67.2 Å². The molecule has 4 aromatic rings. The highest BCUT2D eigenvalue weighted by Gasteiger charge is 2.27. The number of nitrogens with zero attached hydrogens (tertiary/aromatic N) is 6. The van der Waals surface area contributed by atoms with Crippen molar-refractivity contribution in [3.63, 3.8) is 0 Å². The van der Waals surface area contributed by atoms with Gasteiger partial charge in [-0.2, -0.15) is 10.1 Å². The molecule has 32 heavy (non-hydrogen) atoms. The topological polar surface area (TPSA) is 107 Å². The lowest BCUT2D eigenvalue weighted by Gasteiger charge is -2.26. The van der Waals surface area contributed by atoms with Crippen LogP contribution >= 0.6 is 0 Å². The van der Waals surface area contributed by atoms with Gasteiger partial charge in [-0.3, -0.25) is 18.7 Å². The molecule has 1 N–H and O–H groups in total. The lowest BCUT2D eigenvalue weighted by molar-refractivity contribution is 0.0302. The molecule has 0 atom stereocenters. The minimum absolute atomic E-state index is 0.177. The number of carbonyl (C=O) groups excluding carboxylic acids is 2. The molecule has 0 spiro atoms. The molecular formula is C22H21N7O3. The first-order valence-corrected chi connectivity index (χ1v) is 10.2. The van der Waals surface area contributed by atoms with Gasteiger partial charge in [0.2, 0.25) is 5.78 Å². The number of ether oxygens (including phenoxy) is 1. The van der Waals surface area contributed by atoms with Crippen molar-refractivity contribution < 1.29 is 14.3 Å². The third kappa shape index (κ3) is 3.71. The molecule has 1 aromatic carbocycles. The summed E-state index contributed by atoms with van der Waals surface area (Å²) in [6.07, 6.45) is 5.08. The summed E-state index contributed by atoms with van der Waals surface area (Å²) in [6.45, 7) is 1.92. The lowest BCUT2D eigenvalue weighted by Crippen LogP contribution is -2.41. The molecule has 0 saturated carbocycles. The molecule has 0 bridgehead atoms. The van der Waals surface area contributed by atoms with Crippen molar-refractivity contribution in [2.24, 2.45) is 7.05 Å². The van der Waals surface area contributed by atoms with E-state index in [2.05, 4.69) is 20.4 Å². The van der Waals surface area contributed by atoms with Gasteiger partial charge in [0, 0.05) is 38.1 Å². The highest BCUT2D eigenvalue weighted by atomic mass is 16.5. The Morgan fingerprint density at radius 1 is 1.06 bits per heavy atom. The number of hydrogen-bond donors (Lipinski definition) is 1. The highest BCUT2D eigenvalue weighted by molar-refractivity contribution is 6.10. The van der Waals surface area contributed by atoms with E-state index in [0.29, 0.717) is 37.9 Å². The number of aryl methyl sites for hydroxylation is 1. The van der Waals surface area contributed by atoms with Crippen molar-refractivity contribution in [3.05, 3.63) is 66.2 Å². The maximum atomic E-state index is 13.0. The summed E-state index contributed by atoms with van der Waals surface area (Å²) in [5.41, 5.74) is 2.19. The molecule has 5 rings (SSSR count). The van der Waals surface area contributed by atoms with Gasteiger partial charge < -0.3 is 15.0 Å². The largest absolute Gasteiger partial charge is 0.378 e. The molecule has 2 amide bonds. The second kappa shape index (κ2) is 8.23. The summed E-state index contributed by atoms with van der Waals surface area (Å²) < 4.78 is 8.48. The Kier molecular flexibility index (Phi) is 5.12. The number of amides is 2. The zero-order valence-corrected chi connectivity index (χ0v) is 17.4. The van der Waals surface area contributed by atoms with Crippen molar-refractivity contribution in [1.29, 1.82) is 0 Å². The Morgan fingerprint density at radius 2 is 1.84 bits per heavy atom. The van der Waals surface area contributed by atoms with Crippen LogP contribution in [-0.2, 0) is 11.8 Å². The smallest absolute Gasteiger partial charge is 0.275 e. The fraction of sp³-hybridized carbons (Fsp3) is 0.227. The Balaban J connectivity index is 1.39. The highest BCUT2D eigenvalue weighted by Crippen LogP contribution is 2.19. The normalized spacial score (nSPS) is 14.0. The number of aromatic nitrogens is 5. The summed E-state index contributed by atoms with van der Waals surface area (Å²) >= 11 is 0. The van der Waals surface area contributed by atoms with Crippen molar-refractivity contribution in [1.82, 2.24) is 29.0 Å². The second-order valence-electron chi connectivity index (χ2n) is 7.40. The number of imidazole rings is 1. The molecule has 1 aliphatic rings.